The first kappa shape index (κ1) is 22.8. The van der Waals surface area contributed by atoms with Crippen LogP contribution in [0.15, 0.2) is 48.5 Å². The van der Waals surface area contributed by atoms with Gasteiger partial charge in [-0.05, 0) is 42.0 Å². The van der Waals surface area contributed by atoms with E-state index in [2.05, 4.69) is 22.8 Å². The van der Waals surface area contributed by atoms with Crippen molar-refractivity contribution in [1.82, 2.24) is 10.6 Å². The van der Waals surface area contributed by atoms with Crippen molar-refractivity contribution in [2.75, 3.05) is 13.2 Å². The lowest BCUT2D eigenvalue weighted by Crippen LogP contribution is -2.50. The van der Waals surface area contributed by atoms with Gasteiger partial charge in [-0.2, -0.15) is 0 Å². The smallest absolute Gasteiger partial charge is 0.407 e. The summed E-state index contributed by atoms with van der Waals surface area (Å²) in [7, 11) is 0. The molecule has 0 radical (unpaired) electrons. The topological polar surface area (TPSA) is 105 Å². The van der Waals surface area contributed by atoms with Gasteiger partial charge in [-0.25, -0.2) is 4.79 Å². The van der Waals surface area contributed by atoms with E-state index in [-0.39, 0.29) is 19.1 Å². The van der Waals surface area contributed by atoms with Crippen LogP contribution in [0.2, 0.25) is 0 Å². The lowest BCUT2D eigenvalue weighted by molar-refractivity contribution is -0.151. The van der Waals surface area contributed by atoms with Crippen LogP contribution < -0.4 is 10.6 Å². The molecule has 33 heavy (non-hydrogen) atoms. The third-order valence-electron chi connectivity index (χ3n) is 6.94. The fourth-order valence-electron chi connectivity index (χ4n) is 4.99. The molecule has 4 rings (SSSR count). The SMILES string of the molecule is CC(NC(=O)OCC1c2ccccc2-c2ccccc21)C(=O)NCC1(C(=O)O)CCCCC1. The largest absolute Gasteiger partial charge is 0.481 e. The van der Waals surface area contributed by atoms with Gasteiger partial charge in [0.25, 0.3) is 0 Å². The molecule has 0 bridgehead atoms. The van der Waals surface area contributed by atoms with E-state index in [1.54, 1.807) is 6.92 Å². The number of carbonyl (C=O) groups is 3. The molecule has 3 N–H and O–H groups in total. The summed E-state index contributed by atoms with van der Waals surface area (Å²) in [6.45, 7) is 1.79. The van der Waals surface area contributed by atoms with Crippen LogP contribution in [0.3, 0.4) is 0 Å². The van der Waals surface area contributed by atoms with Gasteiger partial charge in [-0.1, -0.05) is 67.8 Å². The second kappa shape index (κ2) is 9.65. The maximum Gasteiger partial charge on any atom is 0.407 e. The zero-order valence-electron chi connectivity index (χ0n) is 18.8. The van der Waals surface area contributed by atoms with E-state index in [9.17, 15) is 19.5 Å². The molecule has 1 atom stereocenters. The highest BCUT2D eigenvalue weighted by Crippen LogP contribution is 2.44. The van der Waals surface area contributed by atoms with E-state index in [0.29, 0.717) is 12.8 Å². The van der Waals surface area contributed by atoms with Crippen LogP contribution in [0.5, 0.6) is 0 Å². The van der Waals surface area contributed by atoms with Gasteiger partial charge in [-0.3, -0.25) is 9.59 Å². The van der Waals surface area contributed by atoms with Crippen molar-refractivity contribution in [3.8, 4) is 11.1 Å². The molecule has 1 fully saturated rings. The van der Waals surface area contributed by atoms with E-state index in [1.165, 1.54) is 0 Å². The Morgan fingerprint density at radius 3 is 2.15 bits per heavy atom. The minimum atomic E-state index is -0.919. The van der Waals surface area contributed by atoms with Crippen LogP contribution in [0, 0.1) is 5.41 Å². The summed E-state index contributed by atoms with van der Waals surface area (Å²) in [5.41, 5.74) is 3.60. The van der Waals surface area contributed by atoms with E-state index < -0.39 is 29.4 Å². The van der Waals surface area contributed by atoms with Crippen LogP contribution in [0.25, 0.3) is 11.1 Å². The highest BCUT2D eigenvalue weighted by molar-refractivity contribution is 5.86. The normalized spacial score (nSPS) is 17.4. The Kier molecular flexibility index (Phi) is 6.67. The molecular weight excluding hydrogens is 420 g/mol. The fraction of sp³-hybridized carbons (Fsp3) is 0.423. The summed E-state index contributed by atoms with van der Waals surface area (Å²) in [5, 5.41) is 14.9. The fourth-order valence-corrected chi connectivity index (χ4v) is 4.99. The van der Waals surface area contributed by atoms with Crippen molar-refractivity contribution in [3.63, 3.8) is 0 Å². The number of aliphatic carboxylic acids is 1. The van der Waals surface area contributed by atoms with Crippen LogP contribution in [0.1, 0.15) is 56.1 Å². The van der Waals surface area contributed by atoms with E-state index in [4.69, 9.17) is 4.74 Å². The molecule has 1 unspecified atom stereocenters. The van der Waals surface area contributed by atoms with Gasteiger partial charge in [0.1, 0.15) is 12.6 Å². The molecule has 7 nitrogen and oxygen atoms in total. The summed E-state index contributed by atoms with van der Waals surface area (Å²) in [5.74, 6) is -1.36. The quantitative estimate of drug-likeness (QED) is 0.590. The van der Waals surface area contributed by atoms with Gasteiger partial charge in [0.2, 0.25) is 5.91 Å². The number of carboxylic acids is 1. The Labute approximate surface area is 193 Å². The van der Waals surface area contributed by atoms with Crippen molar-refractivity contribution in [2.45, 2.75) is 51.0 Å². The second-order valence-electron chi connectivity index (χ2n) is 9.06. The highest BCUT2D eigenvalue weighted by Gasteiger charge is 2.40. The number of hydrogen-bond acceptors (Lipinski definition) is 4. The first-order valence-corrected chi connectivity index (χ1v) is 11.5. The van der Waals surface area contributed by atoms with Crippen LogP contribution in [0.4, 0.5) is 4.79 Å². The predicted octanol–water partition coefficient (Wildman–Crippen LogP) is 4.06. The van der Waals surface area contributed by atoms with Gasteiger partial charge in [0.15, 0.2) is 0 Å². The number of benzene rings is 2. The number of nitrogens with one attached hydrogen (secondary N) is 2. The molecule has 1 saturated carbocycles. The van der Waals surface area contributed by atoms with Gasteiger partial charge >= 0.3 is 12.1 Å². The molecule has 2 aromatic carbocycles. The standard InChI is InChI=1S/C26H30N2O5/c1-17(23(29)27-16-26(24(30)31)13-7-2-8-14-26)28-25(32)33-15-22-20-11-5-3-9-18(20)19-10-4-6-12-21(19)22/h3-6,9-12,17,22H,2,7-8,13-16H2,1H3,(H,27,29)(H,28,32)(H,30,31). The van der Waals surface area contributed by atoms with Crippen LogP contribution in [-0.4, -0.2) is 42.3 Å². The van der Waals surface area contributed by atoms with E-state index in [1.807, 2.05) is 36.4 Å². The monoisotopic (exact) mass is 450 g/mol. The average molecular weight is 451 g/mol. The number of alkyl carbamates (subject to hydrolysis) is 1. The van der Waals surface area contributed by atoms with Gasteiger partial charge in [0.05, 0.1) is 5.41 Å². The molecule has 0 heterocycles. The molecule has 0 spiro atoms. The molecule has 0 saturated heterocycles. The molecule has 2 amide bonds. The number of carbonyl (C=O) groups excluding carboxylic acids is 2. The Bertz CT molecular complexity index is 999. The van der Waals surface area contributed by atoms with Crippen molar-refractivity contribution >= 4 is 18.0 Å². The summed E-state index contributed by atoms with van der Waals surface area (Å²) >= 11 is 0. The van der Waals surface area contributed by atoms with Crippen molar-refractivity contribution in [3.05, 3.63) is 59.7 Å². The maximum absolute atomic E-state index is 12.5. The lowest BCUT2D eigenvalue weighted by atomic mass is 9.74. The maximum atomic E-state index is 12.5. The van der Waals surface area contributed by atoms with Crippen LogP contribution in [-0.2, 0) is 14.3 Å². The Morgan fingerprint density at radius 1 is 1.00 bits per heavy atom. The first-order valence-electron chi connectivity index (χ1n) is 11.5. The predicted molar refractivity (Wildman–Crippen MR) is 124 cm³/mol. The number of rotatable bonds is 7. The third-order valence-corrected chi connectivity index (χ3v) is 6.94. The summed E-state index contributed by atoms with van der Waals surface area (Å²) in [6, 6.07) is 15.3. The number of carboxylic acid groups (broad SMARTS) is 1. The minimum absolute atomic E-state index is 0.0611. The van der Waals surface area contributed by atoms with Crippen LogP contribution >= 0.6 is 0 Å². The Morgan fingerprint density at radius 2 is 1.58 bits per heavy atom. The molecule has 2 aliphatic rings. The highest BCUT2D eigenvalue weighted by atomic mass is 16.5. The van der Waals surface area contributed by atoms with Crippen molar-refractivity contribution in [1.29, 1.82) is 0 Å². The molecule has 2 aliphatic carbocycles. The molecule has 0 aliphatic heterocycles. The lowest BCUT2D eigenvalue weighted by Gasteiger charge is -2.33. The number of amides is 2. The van der Waals surface area contributed by atoms with Gasteiger partial charge < -0.3 is 20.5 Å². The third kappa shape index (κ3) is 4.72. The molecule has 0 aromatic heterocycles. The molecule has 7 heteroatoms. The van der Waals surface area contributed by atoms with Crippen molar-refractivity contribution < 1.29 is 24.2 Å². The Hall–Kier alpha value is -3.35. The van der Waals surface area contributed by atoms with E-state index in [0.717, 1.165) is 41.5 Å². The average Bonchev–Trinajstić information content (AvgIpc) is 3.15. The zero-order chi connectivity index (χ0) is 23.4. The zero-order valence-corrected chi connectivity index (χ0v) is 18.8. The minimum Gasteiger partial charge on any atom is -0.481 e. The number of ether oxygens (including phenoxy) is 1. The van der Waals surface area contributed by atoms with E-state index >= 15 is 0 Å². The molecule has 2 aromatic rings. The number of hydrogen-bond donors (Lipinski definition) is 3. The summed E-state index contributed by atoms with van der Waals surface area (Å²) in [6.07, 6.45) is 3.13. The Balaban J connectivity index is 1.31. The second-order valence-corrected chi connectivity index (χ2v) is 9.06. The molecule has 174 valence electrons. The summed E-state index contributed by atoms with van der Waals surface area (Å²) in [4.78, 5) is 36.7. The first-order chi connectivity index (χ1) is 15.9. The molecular formula is C26H30N2O5. The van der Waals surface area contributed by atoms with Gasteiger partial charge in [0, 0.05) is 12.5 Å². The van der Waals surface area contributed by atoms with Crippen molar-refractivity contribution in [2.24, 2.45) is 5.41 Å². The summed E-state index contributed by atoms with van der Waals surface area (Å²) < 4.78 is 5.49. The van der Waals surface area contributed by atoms with Gasteiger partial charge in [-0.15, -0.1) is 0 Å². The number of fused-ring (bicyclic) bond motifs is 3.